The summed E-state index contributed by atoms with van der Waals surface area (Å²) in [6, 6.07) is 9.55. The highest BCUT2D eigenvalue weighted by Gasteiger charge is 2.11. The fourth-order valence-corrected chi connectivity index (χ4v) is 2.21. The molecule has 1 heterocycles. The fourth-order valence-electron chi connectivity index (χ4n) is 2.21. The minimum absolute atomic E-state index is 0.263. The van der Waals surface area contributed by atoms with Gasteiger partial charge in [-0.1, -0.05) is 6.07 Å². The number of oxazole rings is 1. The SMILES string of the molecule is Cc1ccc(F)cc1Cn1c(=O)oc2cc(N)ccc21. The zero-order chi connectivity index (χ0) is 14.3. The number of benzene rings is 2. The second kappa shape index (κ2) is 4.52. The summed E-state index contributed by atoms with van der Waals surface area (Å²) < 4.78 is 19.9. The third-order valence-corrected chi connectivity index (χ3v) is 3.33. The van der Waals surface area contributed by atoms with E-state index in [0.29, 0.717) is 16.8 Å². The lowest BCUT2D eigenvalue weighted by atomic mass is 10.1. The van der Waals surface area contributed by atoms with Gasteiger partial charge >= 0.3 is 5.76 Å². The second-order valence-corrected chi connectivity index (χ2v) is 4.75. The molecule has 0 saturated heterocycles. The van der Waals surface area contributed by atoms with Gasteiger partial charge in [-0.05, 0) is 42.3 Å². The average Bonchev–Trinajstić information content (AvgIpc) is 2.69. The molecule has 3 rings (SSSR count). The third-order valence-electron chi connectivity index (χ3n) is 3.33. The Morgan fingerprint density at radius 3 is 2.85 bits per heavy atom. The molecular formula is C15H13FN2O2. The number of aryl methyl sites for hydroxylation is 1. The molecule has 1 aromatic heterocycles. The molecule has 0 bridgehead atoms. The summed E-state index contributed by atoms with van der Waals surface area (Å²) in [4.78, 5) is 11.9. The van der Waals surface area contributed by atoms with Crippen LogP contribution in [0.2, 0.25) is 0 Å². The molecule has 0 fully saturated rings. The van der Waals surface area contributed by atoms with Gasteiger partial charge in [0.1, 0.15) is 5.82 Å². The third kappa shape index (κ3) is 2.07. The molecular weight excluding hydrogens is 259 g/mol. The summed E-state index contributed by atoms with van der Waals surface area (Å²) in [6.07, 6.45) is 0. The number of nitrogen functional groups attached to an aromatic ring is 1. The number of anilines is 1. The highest BCUT2D eigenvalue weighted by Crippen LogP contribution is 2.18. The van der Waals surface area contributed by atoms with Crippen LogP contribution in [0.4, 0.5) is 10.1 Å². The van der Waals surface area contributed by atoms with E-state index in [2.05, 4.69) is 0 Å². The minimum Gasteiger partial charge on any atom is -0.408 e. The van der Waals surface area contributed by atoms with Gasteiger partial charge in [0, 0.05) is 11.8 Å². The van der Waals surface area contributed by atoms with Crippen molar-refractivity contribution in [1.82, 2.24) is 4.57 Å². The molecule has 2 aromatic carbocycles. The molecule has 0 unspecified atom stereocenters. The average molecular weight is 272 g/mol. The van der Waals surface area contributed by atoms with E-state index in [9.17, 15) is 9.18 Å². The first-order valence-electron chi connectivity index (χ1n) is 6.18. The van der Waals surface area contributed by atoms with Gasteiger partial charge < -0.3 is 10.2 Å². The van der Waals surface area contributed by atoms with E-state index < -0.39 is 5.76 Å². The lowest BCUT2D eigenvalue weighted by Gasteiger charge is -2.06. The van der Waals surface area contributed by atoms with Gasteiger partial charge in [0.25, 0.3) is 0 Å². The molecule has 0 atom stereocenters. The first-order valence-corrected chi connectivity index (χ1v) is 6.18. The van der Waals surface area contributed by atoms with Crippen molar-refractivity contribution in [1.29, 1.82) is 0 Å². The molecule has 0 aliphatic carbocycles. The van der Waals surface area contributed by atoms with E-state index in [4.69, 9.17) is 10.2 Å². The number of fused-ring (bicyclic) bond motifs is 1. The zero-order valence-electron chi connectivity index (χ0n) is 10.9. The second-order valence-electron chi connectivity index (χ2n) is 4.75. The number of aromatic nitrogens is 1. The van der Waals surface area contributed by atoms with Crippen LogP contribution in [0.15, 0.2) is 45.6 Å². The Hall–Kier alpha value is -2.56. The molecule has 20 heavy (non-hydrogen) atoms. The molecule has 0 aliphatic heterocycles. The molecule has 2 N–H and O–H groups in total. The van der Waals surface area contributed by atoms with Crippen LogP contribution in [-0.2, 0) is 6.54 Å². The van der Waals surface area contributed by atoms with Crippen molar-refractivity contribution in [3.63, 3.8) is 0 Å². The maximum absolute atomic E-state index is 13.3. The largest absolute Gasteiger partial charge is 0.420 e. The quantitative estimate of drug-likeness (QED) is 0.729. The van der Waals surface area contributed by atoms with Crippen molar-refractivity contribution in [2.24, 2.45) is 0 Å². The predicted molar refractivity (Wildman–Crippen MR) is 75.1 cm³/mol. The lowest BCUT2D eigenvalue weighted by Crippen LogP contribution is -2.15. The van der Waals surface area contributed by atoms with Crippen molar-refractivity contribution in [2.75, 3.05) is 5.73 Å². The van der Waals surface area contributed by atoms with E-state index in [1.165, 1.54) is 16.7 Å². The van der Waals surface area contributed by atoms with E-state index in [1.807, 2.05) is 6.92 Å². The monoisotopic (exact) mass is 272 g/mol. The summed E-state index contributed by atoms with van der Waals surface area (Å²) in [6.45, 7) is 2.14. The van der Waals surface area contributed by atoms with Gasteiger partial charge in [-0.25, -0.2) is 9.18 Å². The van der Waals surface area contributed by atoms with E-state index >= 15 is 0 Å². The predicted octanol–water partition coefficient (Wildman–Crippen LogP) is 2.67. The van der Waals surface area contributed by atoms with E-state index in [-0.39, 0.29) is 12.4 Å². The molecule has 0 radical (unpaired) electrons. The van der Waals surface area contributed by atoms with Crippen LogP contribution in [0, 0.1) is 12.7 Å². The Morgan fingerprint density at radius 1 is 1.25 bits per heavy atom. The summed E-state index contributed by atoms with van der Waals surface area (Å²) in [5, 5.41) is 0. The van der Waals surface area contributed by atoms with Gasteiger partial charge in [-0.3, -0.25) is 4.57 Å². The maximum Gasteiger partial charge on any atom is 0.420 e. The lowest BCUT2D eigenvalue weighted by molar-refractivity contribution is 0.517. The number of halogens is 1. The van der Waals surface area contributed by atoms with Crippen molar-refractivity contribution < 1.29 is 8.81 Å². The molecule has 4 nitrogen and oxygen atoms in total. The van der Waals surface area contributed by atoms with Gasteiger partial charge in [0.05, 0.1) is 12.1 Å². The summed E-state index contributed by atoms with van der Waals surface area (Å²) >= 11 is 0. The highest BCUT2D eigenvalue weighted by atomic mass is 19.1. The van der Waals surface area contributed by atoms with Gasteiger partial charge in [-0.15, -0.1) is 0 Å². The number of nitrogens with two attached hydrogens (primary N) is 1. The van der Waals surface area contributed by atoms with Crippen LogP contribution in [0.3, 0.4) is 0 Å². The first-order chi connectivity index (χ1) is 9.54. The molecule has 102 valence electrons. The molecule has 0 saturated carbocycles. The van der Waals surface area contributed by atoms with Crippen molar-refractivity contribution in [2.45, 2.75) is 13.5 Å². The summed E-state index contributed by atoms with van der Waals surface area (Å²) in [5.74, 6) is -0.801. The Balaban J connectivity index is 2.13. The van der Waals surface area contributed by atoms with Crippen molar-refractivity contribution >= 4 is 16.8 Å². The minimum atomic E-state index is -0.478. The molecule has 0 aliphatic rings. The zero-order valence-corrected chi connectivity index (χ0v) is 10.9. The van der Waals surface area contributed by atoms with Crippen molar-refractivity contribution in [3.8, 4) is 0 Å². The van der Waals surface area contributed by atoms with Crippen LogP contribution < -0.4 is 11.5 Å². The Labute approximate surface area is 114 Å². The van der Waals surface area contributed by atoms with Crippen LogP contribution in [0.5, 0.6) is 0 Å². The van der Waals surface area contributed by atoms with E-state index in [1.54, 1.807) is 24.3 Å². The van der Waals surface area contributed by atoms with Gasteiger partial charge in [0.2, 0.25) is 0 Å². The Bertz CT molecular complexity index is 849. The van der Waals surface area contributed by atoms with E-state index in [0.717, 1.165) is 11.1 Å². The van der Waals surface area contributed by atoms with Gasteiger partial charge in [0.15, 0.2) is 5.58 Å². The van der Waals surface area contributed by atoms with Gasteiger partial charge in [-0.2, -0.15) is 0 Å². The normalized spacial score (nSPS) is 11.1. The van der Waals surface area contributed by atoms with Crippen LogP contribution >= 0.6 is 0 Å². The Morgan fingerprint density at radius 2 is 2.05 bits per heavy atom. The number of nitrogens with zero attached hydrogens (tertiary/aromatic N) is 1. The standard InChI is InChI=1S/C15H13FN2O2/c1-9-2-3-11(16)6-10(9)8-18-13-5-4-12(17)7-14(13)20-15(18)19/h2-7H,8,17H2,1H3. The molecule has 0 amide bonds. The fraction of sp³-hybridized carbons (Fsp3) is 0.133. The molecule has 0 spiro atoms. The van der Waals surface area contributed by atoms with Crippen LogP contribution in [0.25, 0.3) is 11.1 Å². The summed E-state index contributed by atoms with van der Waals surface area (Å²) in [5.41, 5.74) is 8.93. The highest BCUT2D eigenvalue weighted by molar-refractivity contribution is 5.76. The summed E-state index contributed by atoms with van der Waals surface area (Å²) in [7, 11) is 0. The smallest absolute Gasteiger partial charge is 0.408 e. The Kier molecular flexibility index (Phi) is 2.82. The van der Waals surface area contributed by atoms with Crippen LogP contribution in [-0.4, -0.2) is 4.57 Å². The first kappa shape index (κ1) is 12.5. The van der Waals surface area contributed by atoms with Crippen molar-refractivity contribution in [3.05, 3.63) is 63.9 Å². The molecule has 5 heteroatoms. The number of rotatable bonds is 2. The molecule has 3 aromatic rings. The topological polar surface area (TPSA) is 61.2 Å². The number of hydrogen-bond donors (Lipinski definition) is 1. The number of hydrogen-bond acceptors (Lipinski definition) is 3. The maximum atomic E-state index is 13.3. The van der Waals surface area contributed by atoms with Crippen LogP contribution in [0.1, 0.15) is 11.1 Å².